The van der Waals surface area contributed by atoms with Gasteiger partial charge in [-0.1, -0.05) is 12.1 Å². The van der Waals surface area contributed by atoms with E-state index in [1.807, 2.05) is 37.5 Å². The summed E-state index contributed by atoms with van der Waals surface area (Å²) >= 11 is 3.22. The van der Waals surface area contributed by atoms with Crippen molar-refractivity contribution in [1.29, 1.82) is 0 Å². The van der Waals surface area contributed by atoms with Gasteiger partial charge in [0.2, 0.25) is 5.88 Å². The lowest BCUT2D eigenvalue weighted by molar-refractivity contribution is 0.397. The molecule has 1 heterocycles. The fourth-order valence-corrected chi connectivity index (χ4v) is 2.59. The molecule has 0 radical (unpaired) electrons. The summed E-state index contributed by atoms with van der Waals surface area (Å²) in [6.45, 7) is 0. The maximum absolute atomic E-state index is 13.3. The Hall–Kier alpha value is -1.46. The molecule has 0 spiro atoms. The Morgan fingerprint density at radius 2 is 1.95 bits per heavy atom. The number of rotatable bonds is 6. The van der Waals surface area contributed by atoms with Crippen LogP contribution in [0.15, 0.2) is 41.0 Å². The predicted octanol–water partition coefficient (Wildman–Crippen LogP) is 3.37. The molecule has 1 aromatic carbocycles. The lowest BCUT2D eigenvalue weighted by Crippen LogP contribution is -2.30. The summed E-state index contributed by atoms with van der Waals surface area (Å²) in [5, 5.41) is 3.29. The van der Waals surface area contributed by atoms with Crippen LogP contribution in [0.1, 0.15) is 11.1 Å². The zero-order valence-corrected chi connectivity index (χ0v) is 13.7. The highest BCUT2D eigenvalue weighted by atomic mass is 79.9. The topological polar surface area (TPSA) is 34.1 Å². The molecule has 1 aromatic heterocycles. The van der Waals surface area contributed by atoms with Crippen LogP contribution >= 0.6 is 15.9 Å². The van der Waals surface area contributed by atoms with Gasteiger partial charge in [-0.2, -0.15) is 0 Å². The van der Waals surface area contributed by atoms with E-state index in [1.165, 1.54) is 6.07 Å². The standard InChI is InChI=1S/C16H18BrFN2O/c1-19-13(7-11-3-5-15(18)14(17)9-11)8-12-4-6-16(21-2)20-10-12/h3-6,9-10,13,19H,7-8H2,1-2H3. The number of benzene rings is 1. The zero-order valence-electron chi connectivity index (χ0n) is 12.1. The fourth-order valence-electron chi connectivity index (χ4n) is 2.16. The van der Waals surface area contributed by atoms with Gasteiger partial charge in [0, 0.05) is 18.3 Å². The van der Waals surface area contributed by atoms with Crippen molar-refractivity contribution in [2.45, 2.75) is 18.9 Å². The molecule has 0 bridgehead atoms. The Bertz CT molecular complexity index is 589. The molecule has 2 rings (SSSR count). The first kappa shape index (κ1) is 15.9. The van der Waals surface area contributed by atoms with Crippen molar-refractivity contribution >= 4 is 15.9 Å². The average Bonchev–Trinajstić information content (AvgIpc) is 2.51. The number of hydrogen-bond acceptors (Lipinski definition) is 3. The van der Waals surface area contributed by atoms with E-state index >= 15 is 0 Å². The number of aromatic nitrogens is 1. The average molecular weight is 353 g/mol. The Morgan fingerprint density at radius 3 is 2.52 bits per heavy atom. The molecule has 2 aromatic rings. The van der Waals surface area contributed by atoms with Crippen molar-refractivity contribution in [3.8, 4) is 5.88 Å². The summed E-state index contributed by atoms with van der Waals surface area (Å²) in [4.78, 5) is 4.21. The van der Waals surface area contributed by atoms with Crippen LogP contribution in [0.4, 0.5) is 4.39 Å². The van der Waals surface area contributed by atoms with Crippen LogP contribution in [0.2, 0.25) is 0 Å². The number of methoxy groups -OCH3 is 1. The van der Waals surface area contributed by atoms with Crippen LogP contribution in [0, 0.1) is 5.82 Å². The molecular weight excluding hydrogens is 335 g/mol. The Kier molecular flexibility index (Phi) is 5.70. The van der Waals surface area contributed by atoms with Crippen molar-refractivity contribution in [2.24, 2.45) is 0 Å². The van der Waals surface area contributed by atoms with E-state index in [-0.39, 0.29) is 11.9 Å². The third-order valence-electron chi connectivity index (χ3n) is 3.36. The van der Waals surface area contributed by atoms with Gasteiger partial charge in [-0.3, -0.25) is 0 Å². The quantitative estimate of drug-likeness (QED) is 0.865. The number of nitrogens with one attached hydrogen (secondary N) is 1. The van der Waals surface area contributed by atoms with Crippen LogP contribution in [0.25, 0.3) is 0 Å². The SMILES string of the molecule is CNC(Cc1ccc(OC)nc1)Cc1ccc(F)c(Br)c1. The molecule has 0 saturated heterocycles. The van der Waals surface area contributed by atoms with Crippen LogP contribution < -0.4 is 10.1 Å². The summed E-state index contributed by atoms with van der Waals surface area (Å²) in [5.41, 5.74) is 2.22. The van der Waals surface area contributed by atoms with Gasteiger partial charge in [-0.05, 0) is 59.1 Å². The summed E-state index contributed by atoms with van der Waals surface area (Å²) in [7, 11) is 3.53. The highest BCUT2D eigenvalue weighted by molar-refractivity contribution is 9.10. The molecule has 0 aliphatic rings. The maximum atomic E-state index is 13.3. The van der Waals surface area contributed by atoms with Crippen molar-refractivity contribution in [3.05, 3.63) is 57.9 Å². The molecule has 0 saturated carbocycles. The highest BCUT2D eigenvalue weighted by Gasteiger charge is 2.10. The summed E-state index contributed by atoms with van der Waals surface area (Å²) in [6.07, 6.45) is 3.49. The van der Waals surface area contributed by atoms with Crippen LogP contribution in [-0.4, -0.2) is 25.2 Å². The maximum Gasteiger partial charge on any atom is 0.212 e. The van der Waals surface area contributed by atoms with Gasteiger partial charge >= 0.3 is 0 Å². The first-order chi connectivity index (χ1) is 10.1. The van der Waals surface area contributed by atoms with Gasteiger partial charge in [0.15, 0.2) is 0 Å². The van der Waals surface area contributed by atoms with Gasteiger partial charge < -0.3 is 10.1 Å². The lowest BCUT2D eigenvalue weighted by Gasteiger charge is -2.16. The Labute approximate surface area is 132 Å². The zero-order chi connectivity index (χ0) is 15.2. The van der Waals surface area contributed by atoms with Crippen molar-refractivity contribution in [1.82, 2.24) is 10.3 Å². The monoisotopic (exact) mass is 352 g/mol. The van der Waals surface area contributed by atoms with E-state index in [2.05, 4.69) is 26.2 Å². The fraction of sp³-hybridized carbons (Fsp3) is 0.312. The summed E-state index contributed by atoms with van der Waals surface area (Å²) in [5.74, 6) is 0.376. The normalized spacial score (nSPS) is 12.2. The number of halogens is 2. The molecule has 3 nitrogen and oxygen atoms in total. The molecular formula is C16H18BrFN2O. The van der Waals surface area contributed by atoms with E-state index in [9.17, 15) is 4.39 Å². The molecule has 1 N–H and O–H groups in total. The van der Waals surface area contributed by atoms with E-state index < -0.39 is 0 Å². The first-order valence-electron chi connectivity index (χ1n) is 6.72. The molecule has 0 fully saturated rings. The number of ether oxygens (including phenoxy) is 1. The predicted molar refractivity (Wildman–Crippen MR) is 85.1 cm³/mol. The number of likely N-dealkylation sites (N-methyl/N-ethyl adjacent to an activating group) is 1. The highest BCUT2D eigenvalue weighted by Crippen LogP contribution is 2.18. The van der Waals surface area contributed by atoms with Crippen molar-refractivity contribution in [2.75, 3.05) is 14.2 Å². The van der Waals surface area contributed by atoms with Gasteiger partial charge in [-0.15, -0.1) is 0 Å². The van der Waals surface area contributed by atoms with Crippen LogP contribution in [0.5, 0.6) is 5.88 Å². The van der Waals surface area contributed by atoms with Crippen molar-refractivity contribution in [3.63, 3.8) is 0 Å². The molecule has 0 amide bonds. The van der Waals surface area contributed by atoms with Gasteiger partial charge in [0.25, 0.3) is 0 Å². The summed E-state index contributed by atoms with van der Waals surface area (Å²) in [6, 6.07) is 9.26. The first-order valence-corrected chi connectivity index (χ1v) is 7.51. The third-order valence-corrected chi connectivity index (χ3v) is 3.97. The molecule has 5 heteroatoms. The number of hydrogen-bond donors (Lipinski definition) is 1. The molecule has 0 aliphatic carbocycles. The number of nitrogens with zero attached hydrogens (tertiary/aromatic N) is 1. The largest absolute Gasteiger partial charge is 0.481 e. The molecule has 112 valence electrons. The smallest absolute Gasteiger partial charge is 0.212 e. The van der Waals surface area contributed by atoms with E-state index in [1.54, 1.807) is 7.11 Å². The molecule has 0 aliphatic heterocycles. The van der Waals surface area contributed by atoms with Gasteiger partial charge in [-0.25, -0.2) is 9.37 Å². The van der Waals surface area contributed by atoms with E-state index in [0.29, 0.717) is 10.4 Å². The second-order valence-corrected chi connectivity index (χ2v) is 5.71. The molecule has 21 heavy (non-hydrogen) atoms. The summed E-state index contributed by atoms with van der Waals surface area (Å²) < 4.78 is 18.8. The number of pyridine rings is 1. The minimum atomic E-state index is -0.237. The minimum absolute atomic E-state index is 0.237. The lowest BCUT2D eigenvalue weighted by atomic mass is 10.00. The Morgan fingerprint density at radius 1 is 1.24 bits per heavy atom. The van der Waals surface area contributed by atoms with Gasteiger partial charge in [0.05, 0.1) is 11.6 Å². The minimum Gasteiger partial charge on any atom is -0.481 e. The third kappa shape index (κ3) is 4.51. The molecule has 1 atom stereocenters. The van der Waals surface area contributed by atoms with Gasteiger partial charge in [0.1, 0.15) is 5.82 Å². The van der Waals surface area contributed by atoms with Crippen LogP contribution in [0.3, 0.4) is 0 Å². The second kappa shape index (κ2) is 7.52. The second-order valence-electron chi connectivity index (χ2n) is 4.85. The Balaban J connectivity index is 2.03. The molecule has 1 unspecified atom stereocenters. The van der Waals surface area contributed by atoms with Crippen molar-refractivity contribution < 1.29 is 9.13 Å². The van der Waals surface area contributed by atoms with E-state index in [4.69, 9.17) is 4.74 Å². The van der Waals surface area contributed by atoms with E-state index in [0.717, 1.165) is 24.0 Å². The van der Waals surface area contributed by atoms with Crippen LogP contribution in [-0.2, 0) is 12.8 Å².